The molecule has 2 nitrogen and oxygen atoms in total. The van der Waals surface area contributed by atoms with Gasteiger partial charge < -0.3 is 4.74 Å². The van der Waals surface area contributed by atoms with E-state index < -0.39 is 0 Å². The highest BCUT2D eigenvalue weighted by atomic mass is 79.9. The van der Waals surface area contributed by atoms with E-state index in [4.69, 9.17) is 4.74 Å². The number of carbonyl (C=O) groups is 1. The maximum Gasteiger partial charge on any atom is 0.302 e. The maximum absolute atomic E-state index is 11.3. The number of hydrogen-bond acceptors (Lipinski definition) is 2. The van der Waals surface area contributed by atoms with Gasteiger partial charge >= 0.3 is 5.97 Å². The van der Waals surface area contributed by atoms with Gasteiger partial charge in [-0.1, -0.05) is 53.6 Å². The smallest absolute Gasteiger partial charge is 0.302 e. The van der Waals surface area contributed by atoms with E-state index >= 15 is 0 Å². The number of allylic oxidation sites excluding steroid dienone is 2. The van der Waals surface area contributed by atoms with Crippen LogP contribution in [0.15, 0.2) is 23.8 Å². The zero-order valence-electron chi connectivity index (χ0n) is 13.0. The van der Waals surface area contributed by atoms with Crippen LogP contribution in [0.2, 0.25) is 0 Å². The molecule has 1 fully saturated rings. The van der Waals surface area contributed by atoms with Crippen LogP contribution in [-0.4, -0.2) is 16.9 Å². The molecule has 0 radical (unpaired) electrons. The second-order valence-corrected chi connectivity index (χ2v) is 7.90. The minimum absolute atomic E-state index is 0.0135. The standard InChI is InChI=1S/C17H25BrO2/c1-11-6-8-17(9-7-11)12(2)10-14(20-13(3)19)15(18)16(17,4)5/h6,14-15H,2,7-10H2,1,3-5H3/t14-,15-,17-/m0/s1. The Balaban J connectivity index is 2.33. The topological polar surface area (TPSA) is 26.3 Å². The van der Waals surface area contributed by atoms with E-state index in [-0.39, 0.29) is 27.7 Å². The lowest BCUT2D eigenvalue weighted by molar-refractivity contribution is -0.150. The lowest BCUT2D eigenvalue weighted by atomic mass is 9.50. The Morgan fingerprint density at radius 1 is 1.50 bits per heavy atom. The van der Waals surface area contributed by atoms with Crippen LogP contribution in [-0.2, 0) is 9.53 Å². The maximum atomic E-state index is 11.3. The molecule has 0 heterocycles. The van der Waals surface area contributed by atoms with Gasteiger partial charge in [0.1, 0.15) is 6.10 Å². The molecule has 0 unspecified atom stereocenters. The second kappa shape index (κ2) is 5.32. The zero-order valence-corrected chi connectivity index (χ0v) is 14.5. The van der Waals surface area contributed by atoms with E-state index in [0.29, 0.717) is 0 Å². The summed E-state index contributed by atoms with van der Waals surface area (Å²) in [5.41, 5.74) is 2.86. The molecule has 3 heteroatoms. The molecule has 0 aromatic heterocycles. The van der Waals surface area contributed by atoms with Crippen LogP contribution >= 0.6 is 15.9 Å². The summed E-state index contributed by atoms with van der Waals surface area (Å²) in [5, 5.41) is 0. The first kappa shape index (κ1) is 15.8. The molecule has 0 aliphatic heterocycles. The van der Waals surface area contributed by atoms with Crippen LogP contribution in [0.25, 0.3) is 0 Å². The quantitative estimate of drug-likeness (QED) is 0.390. The zero-order chi connectivity index (χ0) is 15.1. The van der Waals surface area contributed by atoms with Crippen molar-refractivity contribution >= 4 is 21.9 Å². The molecule has 0 N–H and O–H groups in total. The first-order chi connectivity index (χ1) is 9.20. The molecule has 0 saturated heterocycles. The molecule has 2 rings (SSSR count). The molecule has 2 aliphatic carbocycles. The molecule has 112 valence electrons. The Morgan fingerprint density at radius 3 is 2.65 bits per heavy atom. The molecule has 1 spiro atoms. The minimum Gasteiger partial charge on any atom is -0.461 e. The summed E-state index contributed by atoms with van der Waals surface area (Å²) in [4.78, 5) is 11.5. The van der Waals surface area contributed by atoms with Crippen molar-refractivity contribution in [1.82, 2.24) is 0 Å². The average Bonchev–Trinajstić information content (AvgIpc) is 2.35. The molecule has 0 aromatic rings. The third-order valence-electron chi connectivity index (χ3n) is 5.44. The molecular formula is C17H25BrO2. The highest BCUT2D eigenvalue weighted by Gasteiger charge is 2.56. The number of rotatable bonds is 1. The highest BCUT2D eigenvalue weighted by molar-refractivity contribution is 9.09. The molecule has 3 atom stereocenters. The van der Waals surface area contributed by atoms with Crippen molar-refractivity contribution < 1.29 is 9.53 Å². The highest BCUT2D eigenvalue weighted by Crippen LogP contribution is 2.61. The summed E-state index contributed by atoms with van der Waals surface area (Å²) in [6.45, 7) is 12.6. The average molecular weight is 341 g/mol. The second-order valence-electron chi connectivity index (χ2n) is 6.92. The molecule has 0 bridgehead atoms. The SMILES string of the molecule is C=C1C[C@H](OC(C)=O)[C@H](Br)C(C)(C)[C@]12CC=C(C)CC2. The summed E-state index contributed by atoms with van der Waals surface area (Å²) in [6, 6.07) is 0. The number of hydrogen-bond donors (Lipinski definition) is 0. The van der Waals surface area contributed by atoms with Crippen molar-refractivity contribution in [2.24, 2.45) is 10.8 Å². The minimum atomic E-state index is -0.210. The number of alkyl halides is 1. The predicted octanol–water partition coefficient (Wildman–Crippen LogP) is 4.78. The van der Waals surface area contributed by atoms with Crippen LogP contribution in [0.1, 0.15) is 53.4 Å². The summed E-state index contributed by atoms with van der Waals surface area (Å²) in [6.07, 6.45) is 6.37. The van der Waals surface area contributed by atoms with Gasteiger partial charge in [-0.05, 0) is 31.6 Å². The number of ether oxygens (including phenoxy) is 1. The van der Waals surface area contributed by atoms with E-state index in [1.807, 2.05) is 0 Å². The summed E-state index contributed by atoms with van der Waals surface area (Å²) in [7, 11) is 0. The Bertz CT molecular complexity index is 464. The van der Waals surface area contributed by atoms with Gasteiger partial charge in [0, 0.05) is 18.8 Å². The third kappa shape index (κ3) is 2.38. The van der Waals surface area contributed by atoms with Gasteiger partial charge in [-0.2, -0.15) is 0 Å². The van der Waals surface area contributed by atoms with Crippen LogP contribution in [0.5, 0.6) is 0 Å². The molecule has 2 aliphatic rings. The number of esters is 1. The van der Waals surface area contributed by atoms with Gasteiger partial charge in [0.15, 0.2) is 0 Å². The summed E-state index contributed by atoms with van der Waals surface area (Å²) in [5.74, 6) is -0.210. The molecule has 0 aromatic carbocycles. The van der Waals surface area contributed by atoms with Crippen molar-refractivity contribution in [2.45, 2.75) is 64.3 Å². The van der Waals surface area contributed by atoms with E-state index in [1.54, 1.807) is 0 Å². The summed E-state index contributed by atoms with van der Waals surface area (Å²) < 4.78 is 5.50. The van der Waals surface area contributed by atoms with Crippen LogP contribution in [0.4, 0.5) is 0 Å². The fourth-order valence-corrected chi connectivity index (χ4v) is 4.64. The Kier molecular flexibility index (Phi) is 4.21. The van der Waals surface area contributed by atoms with Gasteiger partial charge in [-0.3, -0.25) is 4.79 Å². The fraction of sp³-hybridized carbons (Fsp3) is 0.706. The van der Waals surface area contributed by atoms with Crippen molar-refractivity contribution in [1.29, 1.82) is 0 Å². The van der Waals surface area contributed by atoms with E-state index in [2.05, 4.69) is 49.4 Å². The van der Waals surface area contributed by atoms with E-state index in [0.717, 1.165) is 25.7 Å². The Labute approximate surface area is 130 Å². The van der Waals surface area contributed by atoms with Gasteiger partial charge in [0.2, 0.25) is 0 Å². The van der Waals surface area contributed by atoms with Crippen molar-refractivity contribution in [2.75, 3.05) is 0 Å². The van der Waals surface area contributed by atoms with Crippen molar-refractivity contribution in [3.8, 4) is 0 Å². The van der Waals surface area contributed by atoms with Gasteiger partial charge in [0.25, 0.3) is 0 Å². The van der Waals surface area contributed by atoms with Crippen LogP contribution in [0, 0.1) is 10.8 Å². The van der Waals surface area contributed by atoms with Gasteiger partial charge in [-0.15, -0.1) is 0 Å². The monoisotopic (exact) mass is 340 g/mol. The predicted molar refractivity (Wildman–Crippen MR) is 85.8 cm³/mol. The first-order valence-electron chi connectivity index (χ1n) is 7.36. The largest absolute Gasteiger partial charge is 0.461 e. The lowest BCUT2D eigenvalue weighted by Gasteiger charge is -2.57. The summed E-state index contributed by atoms with van der Waals surface area (Å²) >= 11 is 3.82. The van der Waals surface area contributed by atoms with Crippen LogP contribution < -0.4 is 0 Å². The Morgan fingerprint density at radius 2 is 2.15 bits per heavy atom. The van der Waals surface area contributed by atoms with Crippen LogP contribution in [0.3, 0.4) is 0 Å². The molecule has 0 amide bonds. The normalized spacial score (nSPS) is 36.6. The van der Waals surface area contributed by atoms with Gasteiger partial charge in [-0.25, -0.2) is 0 Å². The van der Waals surface area contributed by atoms with Gasteiger partial charge in [0.05, 0.1) is 4.83 Å². The number of halogens is 1. The third-order valence-corrected chi connectivity index (χ3v) is 7.17. The Hall–Kier alpha value is -0.570. The molecule has 20 heavy (non-hydrogen) atoms. The fourth-order valence-electron chi connectivity index (χ4n) is 3.91. The van der Waals surface area contributed by atoms with E-state index in [9.17, 15) is 4.79 Å². The molecule has 1 saturated carbocycles. The number of carbonyl (C=O) groups excluding carboxylic acids is 1. The molecular weight excluding hydrogens is 316 g/mol. The van der Waals surface area contributed by atoms with E-state index in [1.165, 1.54) is 18.1 Å². The van der Waals surface area contributed by atoms with Crippen molar-refractivity contribution in [3.63, 3.8) is 0 Å². The first-order valence-corrected chi connectivity index (χ1v) is 8.27. The lowest BCUT2D eigenvalue weighted by Crippen LogP contribution is -2.55. The van der Waals surface area contributed by atoms with Crippen molar-refractivity contribution in [3.05, 3.63) is 23.8 Å².